The van der Waals surface area contributed by atoms with Gasteiger partial charge in [0.25, 0.3) is 0 Å². The van der Waals surface area contributed by atoms with Crippen LogP contribution in [0.15, 0.2) is 0 Å². The van der Waals surface area contributed by atoms with E-state index < -0.39 is 18.1 Å². The first-order chi connectivity index (χ1) is 8.18. The summed E-state index contributed by atoms with van der Waals surface area (Å²) in [5.41, 5.74) is -0.491. The number of halogens is 3. The van der Waals surface area contributed by atoms with Gasteiger partial charge in [-0.1, -0.05) is 0 Å². The molecule has 0 bridgehead atoms. The predicted molar refractivity (Wildman–Crippen MR) is 54.0 cm³/mol. The highest BCUT2D eigenvalue weighted by Gasteiger charge is 2.40. The Labute approximate surface area is 99.7 Å². The summed E-state index contributed by atoms with van der Waals surface area (Å²) in [6, 6.07) is 0. The standard InChI is InChI=1S/C9H10F3N3O3/c1-4-5(13-8(17)9(10,11)12)6(7(16)18-3)14-15(4)2/h1-3H3,(H,13,17). The number of rotatable bonds is 2. The lowest BCUT2D eigenvalue weighted by atomic mass is 10.3. The number of amides is 1. The molecule has 0 atom stereocenters. The van der Waals surface area contributed by atoms with E-state index in [-0.39, 0.29) is 17.1 Å². The number of methoxy groups -OCH3 is 1. The molecule has 0 fully saturated rings. The average Bonchev–Trinajstić information content (AvgIpc) is 2.55. The van der Waals surface area contributed by atoms with E-state index in [0.717, 1.165) is 11.8 Å². The van der Waals surface area contributed by atoms with Crippen LogP contribution < -0.4 is 5.32 Å². The fraction of sp³-hybridized carbons (Fsp3) is 0.444. The van der Waals surface area contributed by atoms with Gasteiger partial charge < -0.3 is 10.1 Å². The van der Waals surface area contributed by atoms with Gasteiger partial charge in [0, 0.05) is 7.05 Å². The van der Waals surface area contributed by atoms with Crippen LogP contribution in [0.5, 0.6) is 0 Å². The van der Waals surface area contributed by atoms with Crippen LogP contribution in [-0.2, 0) is 16.6 Å². The second kappa shape index (κ2) is 4.67. The normalized spacial score (nSPS) is 11.2. The SMILES string of the molecule is COC(=O)c1nn(C)c(C)c1NC(=O)C(F)(F)F. The number of alkyl halides is 3. The predicted octanol–water partition coefficient (Wildman–Crippen LogP) is 1.02. The van der Waals surface area contributed by atoms with Crippen molar-refractivity contribution in [2.45, 2.75) is 13.1 Å². The molecule has 0 saturated carbocycles. The van der Waals surface area contributed by atoms with Crippen molar-refractivity contribution in [3.63, 3.8) is 0 Å². The number of esters is 1. The van der Waals surface area contributed by atoms with E-state index in [2.05, 4.69) is 9.84 Å². The third-order valence-corrected chi connectivity index (χ3v) is 2.21. The van der Waals surface area contributed by atoms with Crippen molar-refractivity contribution in [1.29, 1.82) is 0 Å². The molecule has 1 heterocycles. The molecule has 1 rings (SSSR count). The molecule has 1 N–H and O–H groups in total. The number of hydrogen-bond donors (Lipinski definition) is 1. The number of carbonyl (C=O) groups excluding carboxylic acids is 2. The maximum atomic E-state index is 12.1. The molecular formula is C9H10F3N3O3. The second-order valence-corrected chi connectivity index (χ2v) is 3.38. The first-order valence-electron chi connectivity index (χ1n) is 4.68. The Morgan fingerprint density at radius 3 is 2.39 bits per heavy atom. The van der Waals surface area contributed by atoms with Crippen LogP contribution in [0.4, 0.5) is 18.9 Å². The number of ether oxygens (including phenoxy) is 1. The van der Waals surface area contributed by atoms with Crippen molar-refractivity contribution >= 4 is 17.6 Å². The van der Waals surface area contributed by atoms with Gasteiger partial charge in [0.15, 0.2) is 5.69 Å². The number of nitrogens with one attached hydrogen (secondary N) is 1. The Hall–Kier alpha value is -2.06. The zero-order valence-electron chi connectivity index (χ0n) is 9.75. The Morgan fingerprint density at radius 2 is 1.94 bits per heavy atom. The fourth-order valence-electron chi connectivity index (χ4n) is 1.18. The van der Waals surface area contributed by atoms with E-state index >= 15 is 0 Å². The van der Waals surface area contributed by atoms with Crippen LogP contribution in [0.3, 0.4) is 0 Å². The summed E-state index contributed by atoms with van der Waals surface area (Å²) in [6.07, 6.45) is -5.05. The minimum Gasteiger partial charge on any atom is -0.464 e. The van der Waals surface area contributed by atoms with Crippen molar-refractivity contribution in [2.24, 2.45) is 7.05 Å². The molecule has 0 aromatic carbocycles. The molecule has 9 heteroatoms. The van der Waals surface area contributed by atoms with Crippen LogP contribution in [0.2, 0.25) is 0 Å². The summed E-state index contributed by atoms with van der Waals surface area (Å²) < 4.78 is 41.9. The monoisotopic (exact) mass is 265 g/mol. The smallest absolute Gasteiger partial charge is 0.464 e. The van der Waals surface area contributed by atoms with Crippen LogP contribution in [0.1, 0.15) is 16.2 Å². The van der Waals surface area contributed by atoms with Gasteiger partial charge in [-0.25, -0.2) is 4.79 Å². The quantitative estimate of drug-likeness (QED) is 0.810. The fourth-order valence-corrected chi connectivity index (χ4v) is 1.18. The molecular weight excluding hydrogens is 255 g/mol. The summed E-state index contributed by atoms with van der Waals surface area (Å²) in [4.78, 5) is 22.1. The molecule has 1 amide bonds. The summed E-state index contributed by atoms with van der Waals surface area (Å²) >= 11 is 0. The van der Waals surface area contributed by atoms with Crippen molar-refractivity contribution in [3.05, 3.63) is 11.4 Å². The Morgan fingerprint density at radius 1 is 1.39 bits per heavy atom. The van der Waals surface area contributed by atoms with Crippen LogP contribution >= 0.6 is 0 Å². The van der Waals surface area contributed by atoms with E-state index in [1.165, 1.54) is 14.0 Å². The molecule has 0 radical (unpaired) electrons. The maximum absolute atomic E-state index is 12.1. The lowest BCUT2D eigenvalue weighted by Crippen LogP contribution is -2.30. The number of aromatic nitrogens is 2. The molecule has 0 aliphatic heterocycles. The molecule has 6 nitrogen and oxygen atoms in total. The first kappa shape index (κ1) is 14.0. The highest BCUT2D eigenvalue weighted by molar-refractivity contribution is 6.02. The van der Waals surface area contributed by atoms with E-state index in [0.29, 0.717) is 0 Å². The summed E-state index contributed by atoms with van der Waals surface area (Å²) in [5, 5.41) is 5.28. The van der Waals surface area contributed by atoms with Gasteiger partial charge in [-0.15, -0.1) is 0 Å². The van der Waals surface area contributed by atoms with Gasteiger partial charge in [0.2, 0.25) is 0 Å². The number of carbonyl (C=O) groups is 2. The minimum atomic E-state index is -5.05. The number of hydrogen-bond acceptors (Lipinski definition) is 4. The Kier molecular flexibility index (Phi) is 3.63. The molecule has 100 valence electrons. The van der Waals surface area contributed by atoms with Crippen LogP contribution in [0, 0.1) is 6.92 Å². The third-order valence-electron chi connectivity index (χ3n) is 2.21. The van der Waals surface area contributed by atoms with E-state index in [1.54, 1.807) is 5.32 Å². The van der Waals surface area contributed by atoms with Crippen molar-refractivity contribution in [2.75, 3.05) is 12.4 Å². The lowest BCUT2D eigenvalue weighted by molar-refractivity contribution is -0.167. The molecule has 0 spiro atoms. The summed E-state index contributed by atoms with van der Waals surface area (Å²) in [5.74, 6) is -3.11. The topological polar surface area (TPSA) is 73.2 Å². The molecule has 18 heavy (non-hydrogen) atoms. The number of anilines is 1. The van der Waals surface area contributed by atoms with E-state index in [9.17, 15) is 22.8 Å². The Balaban J connectivity index is 3.16. The molecule has 0 unspecified atom stereocenters. The zero-order valence-corrected chi connectivity index (χ0v) is 9.75. The molecule has 0 saturated heterocycles. The van der Waals surface area contributed by atoms with E-state index in [1.807, 2.05) is 0 Å². The van der Waals surface area contributed by atoms with Crippen LogP contribution in [0.25, 0.3) is 0 Å². The maximum Gasteiger partial charge on any atom is 0.471 e. The highest BCUT2D eigenvalue weighted by atomic mass is 19.4. The highest BCUT2D eigenvalue weighted by Crippen LogP contribution is 2.24. The van der Waals surface area contributed by atoms with Gasteiger partial charge >= 0.3 is 18.1 Å². The van der Waals surface area contributed by atoms with Crippen molar-refractivity contribution < 1.29 is 27.5 Å². The molecule has 1 aromatic rings. The first-order valence-corrected chi connectivity index (χ1v) is 4.68. The number of aryl methyl sites for hydroxylation is 1. The molecule has 0 aliphatic rings. The summed E-state index contributed by atoms with van der Waals surface area (Å²) in [6.45, 7) is 1.41. The van der Waals surface area contributed by atoms with Gasteiger partial charge in [-0.3, -0.25) is 9.48 Å². The summed E-state index contributed by atoms with van der Waals surface area (Å²) in [7, 11) is 2.48. The van der Waals surface area contributed by atoms with Crippen molar-refractivity contribution in [3.8, 4) is 0 Å². The molecule has 0 aliphatic carbocycles. The zero-order chi connectivity index (χ0) is 14.1. The average molecular weight is 265 g/mol. The van der Waals surface area contributed by atoms with E-state index in [4.69, 9.17) is 0 Å². The second-order valence-electron chi connectivity index (χ2n) is 3.38. The lowest BCUT2D eigenvalue weighted by Gasteiger charge is -2.08. The van der Waals surface area contributed by atoms with Crippen molar-refractivity contribution in [1.82, 2.24) is 9.78 Å². The van der Waals surface area contributed by atoms with Gasteiger partial charge in [0.1, 0.15) is 0 Å². The van der Waals surface area contributed by atoms with Gasteiger partial charge in [-0.2, -0.15) is 18.3 Å². The van der Waals surface area contributed by atoms with Gasteiger partial charge in [0.05, 0.1) is 18.5 Å². The molecule has 1 aromatic heterocycles. The largest absolute Gasteiger partial charge is 0.471 e. The minimum absolute atomic E-state index is 0.202. The Bertz CT molecular complexity index is 493. The van der Waals surface area contributed by atoms with Gasteiger partial charge in [-0.05, 0) is 6.92 Å². The third kappa shape index (κ3) is 2.60. The van der Waals surface area contributed by atoms with Crippen LogP contribution in [-0.4, -0.2) is 34.9 Å². The number of nitrogens with zero attached hydrogens (tertiary/aromatic N) is 2.